The summed E-state index contributed by atoms with van der Waals surface area (Å²) in [5, 5.41) is 5.94. The number of benzene rings is 1. The zero-order chi connectivity index (χ0) is 18.1. The van der Waals surface area contributed by atoms with E-state index in [1.165, 1.54) is 6.42 Å². The molecule has 1 heterocycles. The molecule has 2 amide bonds. The van der Waals surface area contributed by atoms with E-state index in [1.807, 2.05) is 23.1 Å². The second-order valence-electron chi connectivity index (χ2n) is 6.39. The van der Waals surface area contributed by atoms with Gasteiger partial charge in [-0.2, -0.15) is 0 Å². The predicted octanol–water partition coefficient (Wildman–Crippen LogP) is 3.71. The lowest BCUT2D eigenvalue weighted by Crippen LogP contribution is -2.36. The van der Waals surface area contributed by atoms with Gasteiger partial charge < -0.3 is 15.5 Å². The fourth-order valence-corrected chi connectivity index (χ4v) is 3.13. The Hall–Kier alpha value is -1.95. The van der Waals surface area contributed by atoms with Crippen molar-refractivity contribution in [3.05, 3.63) is 29.8 Å². The third-order valence-electron chi connectivity index (χ3n) is 4.27. The summed E-state index contributed by atoms with van der Waals surface area (Å²) < 4.78 is 0. The Morgan fingerprint density at radius 1 is 1.16 bits per heavy atom. The summed E-state index contributed by atoms with van der Waals surface area (Å²) in [4.78, 5) is 26.3. The number of carbonyl (C=O) groups excluding carboxylic acids is 2. The number of hydrogen-bond donors (Lipinski definition) is 2. The first kappa shape index (κ1) is 19.4. The molecule has 0 aliphatic carbocycles. The van der Waals surface area contributed by atoms with Gasteiger partial charge in [0.05, 0.1) is 0 Å². The highest BCUT2D eigenvalue weighted by Gasteiger charge is 2.18. The third kappa shape index (κ3) is 6.46. The van der Waals surface area contributed by atoms with Gasteiger partial charge in [-0.25, -0.2) is 0 Å². The van der Waals surface area contributed by atoms with Gasteiger partial charge in [0.25, 0.3) is 5.91 Å². The molecule has 1 fully saturated rings. The molecule has 6 heteroatoms. The van der Waals surface area contributed by atoms with Crippen LogP contribution in [-0.4, -0.2) is 34.9 Å². The average molecular weight is 362 g/mol. The van der Waals surface area contributed by atoms with E-state index in [-0.39, 0.29) is 16.9 Å². The van der Waals surface area contributed by atoms with Crippen LogP contribution in [0.4, 0.5) is 5.69 Å². The van der Waals surface area contributed by atoms with Crippen molar-refractivity contribution < 1.29 is 9.59 Å². The Labute approximate surface area is 155 Å². The quantitative estimate of drug-likeness (QED) is 0.599. The van der Waals surface area contributed by atoms with Crippen LogP contribution in [0.2, 0.25) is 0 Å². The zero-order valence-corrected chi connectivity index (χ0v) is 15.7. The van der Waals surface area contributed by atoms with Crippen molar-refractivity contribution in [2.75, 3.05) is 18.4 Å². The molecule has 0 radical (unpaired) electrons. The molecule has 1 aliphatic heterocycles. The molecular weight excluding hydrogens is 334 g/mol. The van der Waals surface area contributed by atoms with E-state index < -0.39 is 0 Å². The predicted molar refractivity (Wildman–Crippen MR) is 105 cm³/mol. The standard InChI is InChI=1S/C19H27N3O2S/c1-2-3-5-11-17(23)21-19(25)20-16-10-8-9-15(14-16)18(24)22-12-6-4-7-13-22/h8-10,14H,2-7,11-13H2,1H3,(H2,20,21,23,25). The number of unbranched alkanes of at least 4 members (excludes halogenated alkanes) is 2. The Balaban J connectivity index is 1.88. The number of carbonyl (C=O) groups is 2. The van der Waals surface area contributed by atoms with Crippen molar-refractivity contribution in [1.82, 2.24) is 10.2 Å². The van der Waals surface area contributed by atoms with E-state index in [0.717, 1.165) is 45.2 Å². The monoisotopic (exact) mass is 361 g/mol. The molecule has 2 rings (SSSR count). The molecule has 5 nitrogen and oxygen atoms in total. The first-order valence-electron chi connectivity index (χ1n) is 9.10. The van der Waals surface area contributed by atoms with Gasteiger partial charge in [0.2, 0.25) is 5.91 Å². The average Bonchev–Trinajstić information content (AvgIpc) is 2.62. The fraction of sp³-hybridized carbons (Fsp3) is 0.526. The highest BCUT2D eigenvalue weighted by Crippen LogP contribution is 2.16. The second kappa shape index (κ2) is 10.1. The molecule has 1 aromatic rings. The highest BCUT2D eigenvalue weighted by molar-refractivity contribution is 7.80. The Morgan fingerprint density at radius 3 is 2.64 bits per heavy atom. The normalized spacial score (nSPS) is 14.0. The van der Waals surface area contributed by atoms with Crippen molar-refractivity contribution in [2.45, 2.75) is 51.9 Å². The number of hydrogen-bond acceptors (Lipinski definition) is 3. The van der Waals surface area contributed by atoms with Crippen molar-refractivity contribution in [3.8, 4) is 0 Å². The van der Waals surface area contributed by atoms with Gasteiger partial charge >= 0.3 is 0 Å². The lowest BCUT2D eigenvalue weighted by molar-refractivity contribution is -0.119. The van der Waals surface area contributed by atoms with Crippen LogP contribution >= 0.6 is 12.2 Å². The maximum absolute atomic E-state index is 12.6. The van der Waals surface area contributed by atoms with E-state index in [9.17, 15) is 9.59 Å². The lowest BCUT2D eigenvalue weighted by atomic mass is 10.1. The molecular formula is C19H27N3O2S. The van der Waals surface area contributed by atoms with Gasteiger partial charge in [0.15, 0.2) is 5.11 Å². The van der Waals surface area contributed by atoms with Gasteiger partial charge in [0.1, 0.15) is 0 Å². The van der Waals surface area contributed by atoms with E-state index >= 15 is 0 Å². The van der Waals surface area contributed by atoms with Gasteiger partial charge in [-0.1, -0.05) is 25.8 Å². The Morgan fingerprint density at radius 2 is 1.92 bits per heavy atom. The Bertz CT molecular complexity index is 612. The van der Waals surface area contributed by atoms with Crippen LogP contribution in [-0.2, 0) is 4.79 Å². The Kier molecular flexibility index (Phi) is 7.85. The number of nitrogens with zero attached hydrogens (tertiary/aromatic N) is 1. The van der Waals surface area contributed by atoms with Crippen LogP contribution in [0.5, 0.6) is 0 Å². The second-order valence-corrected chi connectivity index (χ2v) is 6.80. The largest absolute Gasteiger partial charge is 0.339 e. The van der Waals surface area contributed by atoms with Crippen LogP contribution in [0.15, 0.2) is 24.3 Å². The van der Waals surface area contributed by atoms with Gasteiger partial charge in [-0.05, 0) is 56.1 Å². The molecule has 0 unspecified atom stereocenters. The third-order valence-corrected chi connectivity index (χ3v) is 4.48. The molecule has 0 saturated carbocycles. The summed E-state index contributed by atoms with van der Waals surface area (Å²) in [6.45, 7) is 3.74. The first-order chi connectivity index (χ1) is 12.1. The summed E-state index contributed by atoms with van der Waals surface area (Å²) >= 11 is 5.19. The van der Waals surface area contributed by atoms with Gasteiger partial charge in [0, 0.05) is 30.8 Å². The number of anilines is 1. The van der Waals surface area contributed by atoms with Crippen molar-refractivity contribution >= 4 is 34.8 Å². The maximum Gasteiger partial charge on any atom is 0.253 e. The topological polar surface area (TPSA) is 61.4 Å². The summed E-state index contributed by atoms with van der Waals surface area (Å²) in [5.41, 5.74) is 1.35. The molecule has 1 aromatic carbocycles. The van der Waals surface area contributed by atoms with Crippen molar-refractivity contribution in [2.24, 2.45) is 0 Å². The maximum atomic E-state index is 12.6. The van der Waals surface area contributed by atoms with E-state index in [1.54, 1.807) is 6.07 Å². The molecule has 1 aliphatic rings. The minimum atomic E-state index is -0.0773. The summed E-state index contributed by atoms with van der Waals surface area (Å²) in [6.07, 6.45) is 6.78. The smallest absolute Gasteiger partial charge is 0.253 e. The van der Waals surface area contributed by atoms with E-state index in [2.05, 4.69) is 17.6 Å². The highest BCUT2D eigenvalue weighted by atomic mass is 32.1. The SMILES string of the molecule is CCCCCC(=O)NC(=S)Nc1cccc(C(=O)N2CCCCC2)c1. The lowest BCUT2D eigenvalue weighted by Gasteiger charge is -2.26. The molecule has 25 heavy (non-hydrogen) atoms. The van der Waals surface area contributed by atoms with E-state index in [0.29, 0.717) is 17.7 Å². The first-order valence-corrected chi connectivity index (χ1v) is 9.51. The molecule has 0 atom stereocenters. The van der Waals surface area contributed by atoms with Gasteiger partial charge in [-0.3, -0.25) is 9.59 Å². The molecule has 0 aromatic heterocycles. The number of nitrogens with one attached hydrogen (secondary N) is 2. The molecule has 0 spiro atoms. The zero-order valence-electron chi connectivity index (χ0n) is 14.8. The minimum absolute atomic E-state index is 0.0536. The van der Waals surface area contributed by atoms with Crippen LogP contribution in [0, 0.1) is 0 Å². The summed E-state index contributed by atoms with van der Waals surface area (Å²) in [6, 6.07) is 7.26. The molecule has 1 saturated heterocycles. The van der Waals surface area contributed by atoms with Crippen molar-refractivity contribution in [3.63, 3.8) is 0 Å². The number of likely N-dealkylation sites (tertiary alicyclic amines) is 1. The van der Waals surface area contributed by atoms with Gasteiger partial charge in [-0.15, -0.1) is 0 Å². The summed E-state index contributed by atoms with van der Waals surface area (Å²) in [7, 11) is 0. The number of rotatable bonds is 6. The molecule has 136 valence electrons. The fourth-order valence-electron chi connectivity index (χ4n) is 2.90. The van der Waals surface area contributed by atoms with Crippen LogP contribution in [0.1, 0.15) is 62.2 Å². The van der Waals surface area contributed by atoms with E-state index in [4.69, 9.17) is 12.2 Å². The minimum Gasteiger partial charge on any atom is -0.339 e. The number of piperidine rings is 1. The van der Waals surface area contributed by atoms with Crippen LogP contribution in [0.3, 0.4) is 0 Å². The number of thiocarbonyl (C=S) groups is 1. The number of amides is 2. The summed E-state index contributed by atoms with van der Waals surface area (Å²) in [5.74, 6) is -0.0237. The van der Waals surface area contributed by atoms with Crippen LogP contribution in [0.25, 0.3) is 0 Å². The van der Waals surface area contributed by atoms with Crippen LogP contribution < -0.4 is 10.6 Å². The van der Waals surface area contributed by atoms with Crippen molar-refractivity contribution in [1.29, 1.82) is 0 Å². The molecule has 2 N–H and O–H groups in total. The molecule has 0 bridgehead atoms.